The molecule has 26 heavy (non-hydrogen) atoms. The summed E-state index contributed by atoms with van der Waals surface area (Å²) in [5.41, 5.74) is 1.08. The average molecular weight is 357 g/mol. The van der Waals surface area contributed by atoms with Crippen LogP contribution in [0.2, 0.25) is 0 Å². The van der Waals surface area contributed by atoms with E-state index >= 15 is 0 Å². The number of hydrogen-bond acceptors (Lipinski definition) is 3. The van der Waals surface area contributed by atoms with Crippen molar-refractivity contribution in [3.8, 4) is 0 Å². The van der Waals surface area contributed by atoms with E-state index in [4.69, 9.17) is 0 Å². The van der Waals surface area contributed by atoms with Crippen molar-refractivity contribution < 1.29 is 14.4 Å². The lowest BCUT2D eigenvalue weighted by atomic mass is 10.0. The highest BCUT2D eigenvalue weighted by molar-refractivity contribution is 5.89. The van der Waals surface area contributed by atoms with Crippen LogP contribution in [0.4, 0.5) is 0 Å². The predicted octanol–water partition coefficient (Wildman–Crippen LogP) is 1.55. The molecule has 0 saturated carbocycles. The molecule has 0 radical (unpaired) electrons. The third kappa shape index (κ3) is 4.42. The molecule has 6 nitrogen and oxygen atoms in total. The first kappa shape index (κ1) is 18.4. The van der Waals surface area contributed by atoms with E-state index in [1.807, 2.05) is 42.2 Å². The lowest BCUT2D eigenvalue weighted by Gasteiger charge is -2.33. The molecule has 1 aromatic rings. The van der Waals surface area contributed by atoms with Gasteiger partial charge in [0.25, 0.3) is 0 Å². The van der Waals surface area contributed by atoms with Gasteiger partial charge in [-0.15, -0.1) is 0 Å². The summed E-state index contributed by atoms with van der Waals surface area (Å²) < 4.78 is 0. The van der Waals surface area contributed by atoms with Crippen molar-refractivity contribution in [3.63, 3.8) is 0 Å². The lowest BCUT2D eigenvalue weighted by Crippen LogP contribution is -2.48. The van der Waals surface area contributed by atoms with E-state index in [9.17, 15) is 14.4 Å². The molecule has 0 aromatic heterocycles. The zero-order valence-electron chi connectivity index (χ0n) is 15.3. The first-order chi connectivity index (χ1) is 12.6. The molecule has 0 bridgehead atoms. The quantitative estimate of drug-likeness (QED) is 0.869. The molecule has 1 aromatic carbocycles. The maximum atomic E-state index is 12.8. The van der Waals surface area contributed by atoms with E-state index in [1.165, 1.54) is 0 Å². The molecule has 6 heteroatoms. The fourth-order valence-electron chi connectivity index (χ4n) is 3.73. The summed E-state index contributed by atoms with van der Waals surface area (Å²) in [4.78, 5) is 40.2. The Bertz CT molecular complexity index is 654. The fourth-order valence-corrected chi connectivity index (χ4v) is 3.73. The Balaban J connectivity index is 1.50. The standard InChI is InChI=1S/C20H27N3O3/c1-2-18(24)21-17-8-10-22(11-9-17)20(26)16-12-19(25)23(14-16)13-15-6-4-3-5-7-15/h3-7,16-17H,2,8-14H2,1H3,(H,21,24). The Hall–Kier alpha value is -2.37. The Kier molecular flexibility index (Phi) is 5.91. The molecular formula is C20H27N3O3. The highest BCUT2D eigenvalue weighted by Crippen LogP contribution is 2.24. The van der Waals surface area contributed by atoms with Crippen LogP contribution < -0.4 is 5.32 Å². The van der Waals surface area contributed by atoms with Crippen LogP contribution in [0, 0.1) is 5.92 Å². The highest BCUT2D eigenvalue weighted by atomic mass is 16.2. The second-order valence-electron chi connectivity index (χ2n) is 7.18. The second-order valence-corrected chi connectivity index (χ2v) is 7.18. The Labute approximate surface area is 154 Å². The van der Waals surface area contributed by atoms with Crippen molar-refractivity contribution in [1.29, 1.82) is 0 Å². The summed E-state index contributed by atoms with van der Waals surface area (Å²) >= 11 is 0. The van der Waals surface area contributed by atoms with E-state index in [-0.39, 0.29) is 29.7 Å². The molecule has 0 aliphatic carbocycles. The molecule has 1 atom stereocenters. The van der Waals surface area contributed by atoms with Crippen LogP contribution in [0.1, 0.15) is 38.2 Å². The summed E-state index contributed by atoms with van der Waals surface area (Å²) in [5, 5.41) is 3.00. The summed E-state index contributed by atoms with van der Waals surface area (Å²) in [7, 11) is 0. The van der Waals surface area contributed by atoms with Crippen molar-refractivity contribution in [2.45, 2.75) is 45.2 Å². The molecule has 2 saturated heterocycles. The number of hydrogen-bond donors (Lipinski definition) is 1. The van der Waals surface area contributed by atoms with E-state index in [0.29, 0.717) is 39.0 Å². The van der Waals surface area contributed by atoms with Gasteiger partial charge in [0.05, 0.1) is 5.92 Å². The van der Waals surface area contributed by atoms with Crippen LogP contribution >= 0.6 is 0 Å². The van der Waals surface area contributed by atoms with Crippen LogP contribution in [0.5, 0.6) is 0 Å². The number of carbonyl (C=O) groups is 3. The van der Waals surface area contributed by atoms with Gasteiger partial charge in [0.15, 0.2) is 0 Å². The highest BCUT2D eigenvalue weighted by Gasteiger charge is 2.37. The minimum atomic E-state index is -0.243. The molecular weight excluding hydrogens is 330 g/mol. The maximum Gasteiger partial charge on any atom is 0.227 e. The van der Waals surface area contributed by atoms with Gasteiger partial charge < -0.3 is 15.1 Å². The molecule has 0 spiro atoms. The van der Waals surface area contributed by atoms with Crippen LogP contribution in [-0.4, -0.2) is 53.2 Å². The van der Waals surface area contributed by atoms with Crippen molar-refractivity contribution in [2.24, 2.45) is 5.92 Å². The molecule has 2 aliphatic rings. The molecule has 2 aliphatic heterocycles. The van der Waals surface area contributed by atoms with Crippen molar-refractivity contribution in [1.82, 2.24) is 15.1 Å². The van der Waals surface area contributed by atoms with E-state index < -0.39 is 0 Å². The van der Waals surface area contributed by atoms with Crippen LogP contribution in [0.25, 0.3) is 0 Å². The Morgan fingerprint density at radius 3 is 2.50 bits per heavy atom. The van der Waals surface area contributed by atoms with E-state index in [0.717, 1.165) is 18.4 Å². The number of piperidine rings is 1. The number of nitrogens with one attached hydrogen (secondary N) is 1. The first-order valence-corrected chi connectivity index (χ1v) is 9.46. The summed E-state index contributed by atoms with van der Waals surface area (Å²) in [6.45, 7) is 4.20. The van der Waals surface area contributed by atoms with Crippen molar-refractivity contribution >= 4 is 17.7 Å². The smallest absolute Gasteiger partial charge is 0.227 e. The van der Waals surface area contributed by atoms with E-state index in [2.05, 4.69) is 5.32 Å². The van der Waals surface area contributed by atoms with Crippen molar-refractivity contribution in [2.75, 3.05) is 19.6 Å². The number of carbonyl (C=O) groups excluding carboxylic acids is 3. The number of benzene rings is 1. The summed E-state index contributed by atoms with van der Waals surface area (Å²) in [6.07, 6.45) is 2.36. The van der Waals surface area contributed by atoms with Gasteiger partial charge >= 0.3 is 0 Å². The minimum absolute atomic E-state index is 0.0531. The molecule has 2 heterocycles. The van der Waals surface area contributed by atoms with Gasteiger partial charge in [0, 0.05) is 45.1 Å². The van der Waals surface area contributed by atoms with Crippen LogP contribution in [0.3, 0.4) is 0 Å². The van der Waals surface area contributed by atoms with E-state index in [1.54, 1.807) is 4.90 Å². The summed E-state index contributed by atoms with van der Waals surface area (Å²) in [5.74, 6) is -0.0489. The number of nitrogens with zero attached hydrogens (tertiary/aromatic N) is 2. The van der Waals surface area contributed by atoms with Gasteiger partial charge in [-0.3, -0.25) is 14.4 Å². The third-order valence-corrected chi connectivity index (χ3v) is 5.27. The number of amides is 3. The first-order valence-electron chi connectivity index (χ1n) is 9.46. The van der Waals surface area contributed by atoms with Gasteiger partial charge in [0.2, 0.25) is 17.7 Å². The van der Waals surface area contributed by atoms with Crippen LogP contribution in [0.15, 0.2) is 30.3 Å². The SMILES string of the molecule is CCC(=O)NC1CCN(C(=O)C2CC(=O)N(Cc3ccccc3)C2)CC1. The largest absolute Gasteiger partial charge is 0.353 e. The lowest BCUT2D eigenvalue weighted by molar-refractivity contribution is -0.137. The number of rotatable bonds is 5. The molecule has 1 unspecified atom stereocenters. The van der Waals surface area contributed by atoms with Gasteiger partial charge in [-0.2, -0.15) is 0 Å². The van der Waals surface area contributed by atoms with Gasteiger partial charge in [-0.25, -0.2) is 0 Å². The summed E-state index contributed by atoms with van der Waals surface area (Å²) in [6, 6.07) is 10.0. The molecule has 1 N–H and O–H groups in total. The molecule has 2 fully saturated rings. The third-order valence-electron chi connectivity index (χ3n) is 5.27. The normalized spacial score (nSPS) is 21.1. The topological polar surface area (TPSA) is 69.7 Å². The Morgan fingerprint density at radius 2 is 1.85 bits per heavy atom. The van der Waals surface area contributed by atoms with Gasteiger partial charge in [0.1, 0.15) is 0 Å². The predicted molar refractivity (Wildman–Crippen MR) is 98.0 cm³/mol. The van der Waals surface area contributed by atoms with Crippen LogP contribution in [-0.2, 0) is 20.9 Å². The zero-order valence-corrected chi connectivity index (χ0v) is 15.3. The van der Waals surface area contributed by atoms with Gasteiger partial charge in [-0.05, 0) is 18.4 Å². The number of likely N-dealkylation sites (tertiary alicyclic amines) is 2. The minimum Gasteiger partial charge on any atom is -0.353 e. The molecule has 3 rings (SSSR count). The Morgan fingerprint density at radius 1 is 1.15 bits per heavy atom. The molecule has 140 valence electrons. The van der Waals surface area contributed by atoms with Gasteiger partial charge in [-0.1, -0.05) is 37.3 Å². The second kappa shape index (κ2) is 8.34. The fraction of sp³-hybridized carbons (Fsp3) is 0.550. The average Bonchev–Trinajstić information content (AvgIpc) is 3.03. The maximum absolute atomic E-state index is 12.8. The van der Waals surface area contributed by atoms with Crippen molar-refractivity contribution in [3.05, 3.63) is 35.9 Å². The molecule has 3 amide bonds. The zero-order chi connectivity index (χ0) is 18.5. The monoisotopic (exact) mass is 357 g/mol.